The Hall–Kier alpha value is -2.57. The third-order valence-electron chi connectivity index (χ3n) is 3.83. The second kappa shape index (κ2) is 9.39. The molecule has 2 aromatic carbocycles. The molecule has 140 valence electrons. The van der Waals surface area contributed by atoms with E-state index < -0.39 is 0 Å². The lowest BCUT2D eigenvalue weighted by Gasteiger charge is -2.10. The van der Waals surface area contributed by atoms with Crippen molar-refractivity contribution in [2.45, 2.75) is 13.0 Å². The van der Waals surface area contributed by atoms with Crippen LogP contribution in [0.25, 0.3) is 11.4 Å². The molecule has 0 saturated heterocycles. The van der Waals surface area contributed by atoms with Crippen molar-refractivity contribution < 1.29 is 4.52 Å². The van der Waals surface area contributed by atoms with Crippen molar-refractivity contribution in [2.24, 2.45) is 4.99 Å². The molecule has 1 aromatic heterocycles. The van der Waals surface area contributed by atoms with Crippen molar-refractivity contribution in [3.05, 3.63) is 70.0 Å². The zero-order chi connectivity index (χ0) is 19.1. The van der Waals surface area contributed by atoms with E-state index in [1.165, 1.54) is 0 Å². The van der Waals surface area contributed by atoms with Crippen LogP contribution < -0.4 is 10.6 Å². The number of hydrogen-bond acceptors (Lipinski definition) is 4. The van der Waals surface area contributed by atoms with Gasteiger partial charge in [0.15, 0.2) is 5.96 Å². The molecule has 0 fully saturated rings. The van der Waals surface area contributed by atoms with Gasteiger partial charge >= 0.3 is 0 Å². The van der Waals surface area contributed by atoms with Gasteiger partial charge in [-0.2, -0.15) is 4.98 Å². The van der Waals surface area contributed by atoms with Crippen LogP contribution in [0.15, 0.2) is 58.0 Å². The van der Waals surface area contributed by atoms with E-state index in [9.17, 15) is 0 Å². The first-order chi connectivity index (χ1) is 13.2. The second-order valence-corrected chi connectivity index (χ2v) is 6.56. The van der Waals surface area contributed by atoms with Crippen molar-refractivity contribution in [1.29, 1.82) is 0 Å². The number of aromatic nitrogens is 2. The topological polar surface area (TPSA) is 75.3 Å². The van der Waals surface area contributed by atoms with Crippen molar-refractivity contribution in [2.75, 3.05) is 13.6 Å². The van der Waals surface area contributed by atoms with Gasteiger partial charge in [0.1, 0.15) is 0 Å². The summed E-state index contributed by atoms with van der Waals surface area (Å²) in [5.41, 5.74) is 1.89. The van der Waals surface area contributed by atoms with Crippen LogP contribution in [0.2, 0.25) is 10.0 Å². The molecule has 27 heavy (non-hydrogen) atoms. The third kappa shape index (κ3) is 5.45. The molecule has 0 radical (unpaired) electrons. The van der Waals surface area contributed by atoms with Crippen LogP contribution in [-0.4, -0.2) is 29.7 Å². The van der Waals surface area contributed by atoms with Gasteiger partial charge in [0.05, 0.1) is 6.54 Å². The average Bonchev–Trinajstić information content (AvgIpc) is 3.15. The maximum atomic E-state index is 6.17. The molecule has 0 unspecified atom stereocenters. The molecule has 0 amide bonds. The molecule has 0 saturated carbocycles. The summed E-state index contributed by atoms with van der Waals surface area (Å²) in [6, 6.07) is 15.1. The Morgan fingerprint density at radius 3 is 2.74 bits per heavy atom. The monoisotopic (exact) mass is 403 g/mol. The van der Waals surface area contributed by atoms with Crippen LogP contribution in [0.3, 0.4) is 0 Å². The predicted molar refractivity (Wildman–Crippen MR) is 108 cm³/mol. The van der Waals surface area contributed by atoms with Crippen molar-refractivity contribution in [1.82, 2.24) is 20.8 Å². The van der Waals surface area contributed by atoms with Gasteiger partial charge in [0, 0.05) is 29.2 Å². The maximum Gasteiger partial charge on any atom is 0.246 e. The van der Waals surface area contributed by atoms with Crippen LogP contribution in [-0.2, 0) is 13.0 Å². The minimum atomic E-state index is 0.360. The Bertz CT molecular complexity index is 926. The molecule has 3 rings (SSSR count). The fraction of sp³-hybridized carbons (Fsp3) is 0.211. The first-order valence-electron chi connectivity index (χ1n) is 8.42. The zero-order valence-electron chi connectivity index (χ0n) is 14.7. The molecule has 0 atom stereocenters. The van der Waals surface area contributed by atoms with E-state index in [0.717, 1.165) is 22.6 Å². The van der Waals surface area contributed by atoms with Gasteiger partial charge < -0.3 is 15.2 Å². The molecule has 6 nitrogen and oxygen atoms in total. The Morgan fingerprint density at radius 1 is 1.11 bits per heavy atom. The Kier molecular flexibility index (Phi) is 6.68. The van der Waals surface area contributed by atoms with Gasteiger partial charge in [0.25, 0.3) is 0 Å². The molecule has 2 N–H and O–H groups in total. The van der Waals surface area contributed by atoms with E-state index in [-0.39, 0.29) is 0 Å². The van der Waals surface area contributed by atoms with Crippen LogP contribution >= 0.6 is 23.2 Å². The maximum absolute atomic E-state index is 6.17. The molecular formula is C19H19Cl2N5O. The number of benzene rings is 2. The number of nitrogens with one attached hydrogen (secondary N) is 2. The summed E-state index contributed by atoms with van der Waals surface area (Å²) in [5.74, 6) is 1.60. The number of aliphatic imine (C=N–C) groups is 1. The highest BCUT2D eigenvalue weighted by molar-refractivity contribution is 6.31. The average molecular weight is 404 g/mol. The summed E-state index contributed by atoms with van der Waals surface area (Å²) >= 11 is 12.2. The van der Waals surface area contributed by atoms with Gasteiger partial charge in [-0.25, -0.2) is 0 Å². The number of halogens is 2. The molecule has 0 aliphatic rings. The highest BCUT2D eigenvalue weighted by Gasteiger charge is 2.09. The fourth-order valence-electron chi connectivity index (χ4n) is 2.47. The Balaban J connectivity index is 1.50. The van der Waals surface area contributed by atoms with Crippen molar-refractivity contribution in [3.63, 3.8) is 0 Å². The fourth-order valence-corrected chi connectivity index (χ4v) is 2.89. The number of nitrogens with zero attached hydrogens (tertiary/aromatic N) is 3. The van der Waals surface area contributed by atoms with Crippen LogP contribution in [0.1, 0.15) is 11.5 Å². The van der Waals surface area contributed by atoms with Gasteiger partial charge in [-0.3, -0.25) is 4.99 Å². The largest absolute Gasteiger partial charge is 0.356 e. The molecule has 0 spiro atoms. The highest BCUT2D eigenvalue weighted by atomic mass is 35.5. The lowest BCUT2D eigenvalue weighted by atomic mass is 10.1. The van der Waals surface area contributed by atoms with E-state index in [2.05, 4.69) is 25.8 Å². The zero-order valence-corrected chi connectivity index (χ0v) is 16.3. The number of guanidine groups is 1. The summed E-state index contributed by atoms with van der Waals surface area (Å²) in [4.78, 5) is 8.56. The molecule has 0 aliphatic heterocycles. The highest BCUT2D eigenvalue weighted by Crippen LogP contribution is 2.19. The first-order valence-corrected chi connectivity index (χ1v) is 9.18. The van der Waals surface area contributed by atoms with Gasteiger partial charge in [0.2, 0.25) is 11.7 Å². The van der Waals surface area contributed by atoms with E-state index in [0.29, 0.717) is 35.8 Å². The standard InChI is InChI=1S/C19H19Cl2N5O/c1-22-19(23-10-9-13-5-2-3-8-16(13)21)24-12-17-25-18(26-27-17)14-6-4-7-15(20)11-14/h2-8,11H,9-10,12H2,1H3,(H2,22,23,24). The third-order valence-corrected chi connectivity index (χ3v) is 4.43. The van der Waals surface area contributed by atoms with E-state index in [4.69, 9.17) is 27.7 Å². The molecule has 8 heteroatoms. The normalized spacial score (nSPS) is 11.4. The molecule has 3 aromatic rings. The number of hydrogen-bond donors (Lipinski definition) is 2. The van der Waals surface area contributed by atoms with Crippen LogP contribution in [0, 0.1) is 0 Å². The van der Waals surface area contributed by atoms with Gasteiger partial charge in [-0.15, -0.1) is 0 Å². The van der Waals surface area contributed by atoms with Crippen LogP contribution in [0.5, 0.6) is 0 Å². The molecule has 1 heterocycles. The summed E-state index contributed by atoms with van der Waals surface area (Å²) in [7, 11) is 1.70. The Labute approximate surface area is 167 Å². The molecule has 0 bridgehead atoms. The smallest absolute Gasteiger partial charge is 0.246 e. The SMILES string of the molecule is CN=C(NCCc1ccccc1Cl)NCc1nc(-c2cccc(Cl)c2)no1. The summed E-state index contributed by atoms with van der Waals surface area (Å²) < 4.78 is 5.28. The molecule has 0 aliphatic carbocycles. The second-order valence-electron chi connectivity index (χ2n) is 5.72. The Morgan fingerprint density at radius 2 is 1.96 bits per heavy atom. The minimum absolute atomic E-state index is 0.360. The summed E-state index contributed by atoms with van der Waals surface area (Å²) in [5, 5.41) is 11.8. The van der Waals surface area contributed by atoms with E-state index in [1.807, 2.05) is 36.4 Å². The first kappa shape index (κ1) is 19.2. The van der Waals surface area contributed by atoms with Crippen molar-refractivity contribution >= 4 is 29.2 Å². The lowest BCUT2D eigenvalue weighted by molar-refractivity contribution is 0.375. The van der Waals surface area contributed by atoms with E-state index in [1.54, 1.807) is 19.2 Å². The minimum Gasteiger partial charge on any atom is -0.356 e. The summed E-state index contributed by atoms with van der Waals surface area (Å²) in [6.07, 6.45) is 0.792. The molecular weight excluding hydrogens is 385 g/mol. The van der Waals surface area contributed by atoms with Crippen LogP contribution in [0.4, 0.5) is 0 Å². The lowest BCUT2D eigenvalue weighted by Crippen LogP contribution is -2.37. The quantitative estimate of drug-likeness (QED) is 0.481. The predicted octanol–water partition coefficient (Wildman–Crippen LogP) is 3.95. The van der Waals surface area contributed by atoms with Crippen molar-refractivity contribution in [3.8, 4) is 11.4 Å². The van der Waals surface area contributed by atoms with Gasteiger partial charge in [-0.1, -0.05) is 58.7 Å². The number of rotatable bonds is 6. The van der Waals surface area contributed by atoms with E-state index >= 15 is 0 Å². The summed E-state index contributed by atoms with van der Waals surface area (Å²) in [6.45, 7) is 1.06. The van der Waals surface area contributed by atoms with Gasteiger partial charge in [-0.05, 0) is 30.2 Å².